The monoisotopic (exact) mass is 258 g/mol. The van der Waals surface area contributed by atoms with E-state index in [1.165, 1.54) is 0 Å². The summed E-state index contributed by atoms with van der Waals surface area (Å²) in [6.07, 6.45) is -0.231. The van der Waals surface area contributed by atoms with Crippen LogP contribution in [0.5, 0.6) is 0 Å². The van der Waals surface area contributed by atoms with Gasteiger partial charge in [-0.3, -0.25) is 4.90 Å². The zero-order valence-electron chi connectivity index (χ0n) is 11.7. The molecule has 0 aromatic rings. The Labute approximate surface area is 109 Å². The van der Waals surface area contributed by atoms with Crippen LogP contribution in [0.3, 0.4) is 0 Å². The van der Waals surface area contributed by atoms with Gasteiger partial charge in [-0.25, -0.2) is 4.79 Å². The summed E-state index contributed by atoms with van der Waals surface area (Å²) in [5, 5.41) is 0. The fraction of sp³-hybridized carbons (Fsp3) is 0.917. The second-order valence-electron chi connectivity index (χ2n) is 5.76. The molecule has 1 aliphatic rings. The summed E-state index contributed by atoms with van der Waals surface area (Å²) < 4.78 is 5.34. The maximum Gasteiger partial charge on any atom is 0.410 e. The number of amides is 1. The van der Waals surface area contributed by atoms with Gasteiger partial charge >= 0.3 is 6.09 Å². The highest BCUT2D eigenvalue weighted by molar-refractivity contribution is 5.68. The molecule has 1 fully saturated rings. The Kier molecular flexibility index (Phi) is 5.37. The highest BCUT2D eigenvalue weighted by atomic mass is 16.6. The number of piperazine rings is 1. The van der Waals surface area contributed by atoms with E-state index in [9.17, 15) is 4.79 Å². The van der Waals surface area contributed by atoms with Crippen LogP contribution in [0.2, 0.25) is 0 Å². The van der Waals surface area contributed by atoms with Crippen molar-refractivity contribution in [2.75, 3.05) is 39.3 Å². The lowest BCUT2D eigenvalue weighted by molar-refractivity contribution is 0.0142. The van der Waals surface area contributed by atoms with Crippen molar-refractivity contribution in [3.63, 3.8) is 0 Å². The van der Waals surface area contributed by atoms with Gasteiger partial charge in [0.2, 0.25) is 0 Å². The van der Waals surface area contributed by atoms with Crippen LogP contribution in [0.15, 0.2) is 0 Å². The molecule has 1 heterocycles. The molecule has 0 bridgehead atoms. The fourth-order valence-corrected chi connectivity index (χ4v) is 1.85. The molecule has 18 heavy (non-hydrogen) atoms. The van der Waals surface area contributed by atoms with E-state index >= 15 is 0 Å². The molecule has 1 amide bonds. The van der Waals surface area contributed by atoms with Crippen molar-refractivity contribution in [1.82, 2.24) is 9.80 Å². The standard InChI is InChI=1S/C12H26N4O2/c1-12(2,3)18-11(17)16-6-4-15(5-7-16)9-10(14)8-13/h10H,4-9,13-14H2,1-3H3. The number of nitrogens with two attached hydrogens (primary N) is 2. The SMILES string of the molecule is CC(C)(C)OC(=O)N1CCN(CC(N)CN)CC1. The molecule has 1 rings (SSSR count). The Morgan fingerprint density at radius 2 is 1.83 bits per heavy atom. The fourth-order valence-electron chi connectivity index (χ4n) is 1.85. The molecule has 1 unspecified atom stereocenters. The van der Waals surface area contributed by atoms with Crippen molar-refractivity contribution >= 4 is 6.09 Å². The lowest BCUT2D eigenvalue weighted by Gasteiger charge is -2.36. The minimum absolute atomic E-state index is 0.0121. The Bertz CT molecular complexity index is 270. The smallest absolute Gasteiger partial charge is 0.410 e. The van der Waals surface area contributed by atoms with Crippen molar-refractivity contribution in [2.24, 2.45) is 11.5 Å². The minimum atomic E-state index is -0.434. The molecule has 0 aromatic heterocycles. The van der Waals surface area contributed by atoms with Gasteiger partial charge in [0, 0.05) is 45.3 Å². The summed E-state index contributed by atoms with van der Waals surface area (Å²) in [7, 11) is 0. The molecule has 0 radical (unpaired) electrons. The van der Waals surface area contributed by atoms with Crippen LogP contribution in [0.1, 0.15) is 20.8 Å². The Morgan fingerprint density at radius 3 is 2.28 bits per heavy atom. The van der Waals surface area contributed by atoms with Gasteiger partial charge in [-0.15, -0.1) is 0 Å². The average molecular weight is 258 g/mol. The maximum absolute atomic E-state index is 11.8. The van der Waals surface area contributed by atoms with Crippen LogP contribution < -0.4 is 11.5 Å². The van der Waals surface area contributed by atoms with Gasteiger partial charge in [0.15, 0.2) is 0 Å². The van der Waals surface area contributed by atoms with Crippen molar-refractivity contribution < 1.29 is 9.53 Å². The van der Waals surface area contributed by atoms with Gasteiger partial charge in [0.05, 0.1) is 0 Å². The molecule has 0 aromatic carbocycles. The zero-order valence-corrected chi connectivity index (χ0v) is 11.7. The Balaban J connectivity index is 2.33. The van der Waals surface area contributed by atoms with E-state index in [4.69, 9.17) is 16.2 Å². The number of rotatable bonds is 3. The van der Waals surface area contributed by atoms with E-state index in [1.54, 1.807) is 4.90 Å². The Hall–Kier alpha value is -0.850. The van der Waals surface area contributed by atoms with E-state index < -0.39 is 5.60 Å². The van der Waals surface area contributed by atoms with Crippen molar-refractivity contribution in [1.29, 1.82) is 0 Å². The number of nitrogens with zero attached hydrogens (tertiary/aromatic N) is 2. The van der Waals surface area contributed by atoms with Crippen LogP contribution in [0, 0.1) is 0 Å². The number of hydrogen-bond acceptors (Lipinski definition) is 5. The predicted molar refractivity (Wildman–Crippen MR) is 71.3 cm³/mol. The summed E-state index contributed by atoms with van der Waals surface area (Å²) in [5.41, 5.74) is 10.9. The molecule has 6 heteroatoms. The molecular formula is C12H26N4O2. The summed E-state index contributed by atoms with van der Waals surface area (Å²) in [6.45, 7) is 9.94. The van der Waals surface area contributed by atoms with Crippen molar-refractivity contribution in [3.8, 4) is 0 Å². The van der Waals surface area contributed by atoms with Crippen LogP contribution in [-0.4, -0.2) is 66.8 Å². The third kappa shape index (κ3) is 5.20. The topological polar surface area (TPSA) is 84.8 Å². The molecule has 1 atom stereocenters. The van der Waals surface area contributed by atoms with E-state index in [-0.39, 0.29) is 12.1 Å². The first-order valence-electron chi connectivity index (χ1n) is 6.48. The third-order valence-electron chi connectivity index (χ3n) is 2.82. The third-order valence-corrected chi connectivity index (χ3v) is 2.82. The quantitative estimate of drug-likeness (QED) is 0.734. The van der Waals surface area contributed by atoms with Crippen LogP contribution in [-0.2, 0) is 4.74 Å². The molecule has 0 saturated carbocycles. The lowest BCUT2D eigenvalue weighted by atomic mass is 10.2. The van der Waals surface area contributed by atoms with Gasteiger partial charge in [-0.05, 0) is 20.8 Å². The first kappa shape index (κ1) is 15.2. The number of hydrogen-bond donors (Lipinski definition) is 2. The molecule has 1 aliphatic heterocycles. The molecule has 106 valence electrons. The van der Waals surface area contributed by atoms with Gasteiger partial charge in [0.1, 0.15) is 5.60 Å². The van der Waals surface area contributed by atoms with Crippen molar-refractivity contribution in [2.45, 2.75) is 32.4 Å². The highest BCUT2D eigenvalue weighted by Crippen LogP contribution is 2.11. The summed E-state index contributed by atoms with van der Waals surface area (Å²) >= 11 is 0. The molecule has 4 N–H and O–H groups in total. The first-order chi connectivity index (χ1) is 8.31. The largest absolute Gasteiger partial charge is 0.444 e. The number of ether oxygens (including phenoxy) is 1. The van der Waals surface area contributed by atoms with E-state index in [0.29, 0.717) is 19.6 Å². The van der Waals surface area contributed by atoms with Gasteiger partial charge < -0.3 is 21.1 Å². The van der Waals surface area contributed by atoms with Gasteiger partial charge in [-0.2, -0.15) is 0 Å². The lowest BCUT2D eigenvalue weighted by Crippen LogP contribution is -2.53. The summed E-state index contributed by atoms with van der Waals surface area (Å²) in [6, 6.07) is 0.0121. The van der Waals surface area contributed by atoms with Gasteiger partial charge in [-0.1, -0.05) is 0 Å². The first-order valence-corrected chi connectivity index (χ1v) is 6.48. The van der Waals surface area contributed by atoms with Crippen LogP contribution in [0.25, 0.3) is 0 Å². The van der Waals surface area contributed by atoms with E-state index in [2.05, 4.69) is 4.90 Å². The molecule has 6 nitrogen and oxygen atoms in total. The van der Waals surface area contributed by atoms with Crippen LogP contribution >= 0.6 is 0 Å². The van der Waals surface area contributed by atoms with Gasteiger partial charge in [0.25, 0.3) is 0 Å². The van der Waals surface area contributed by atoms with E-state index in [1.807, 2.05) is 20.8 Å². The molecule has 0 aliphatic carbocycles. The Morgan fingerprint density at radius 1 is 1.28 bits per heavy atom. The summed E-state index contributed by atoms with van der Waals surface area (Å²) in [5.74, 6) is 0. The maximum atomic E-state index is 11.8. The summed E-state index contributed by atoms with van der Waals surface area (Å²) in [4.78, 5) is 15.8. The van der Waals surface area contributed by atoms with Crippen molar-refractivity contribution in [3.05, 3.63) is 0 Å². The minimum Gasteiger partial charge on any atom is -0.444 e. The zero-order chi connectivity index (χ0) is 13.8. The number of carbonyl (C=O) groups excluding carboxylic acids is 1. The molecule has 1 saturated heterocycles. The van der Waals surface area contributed by atoms with E-state index in [0.717, 1.165) is 19.6 Å². The molecule has 0 spiro atoms. The average Bonchev–Trinajstić information content (AvgIpc) is 2.27. The second-order valence-corrected chi connectivity index (χ2v) is 5.76. The predicted octanol–water partition coefficient (Wildman–Crippen LogP) is -0.175. The highest BCUT2D eigenvalue weighted by Gasteiger charge is 2.26. The second kappa shape index (κ2) is 6.36. The molecular weight excluding hydrogens is 232 g/mol. The van der Waals surface area contributed by atoms with Crippen LogP contribution in [0.4, 0.5) is 4.79 Å². The number of carbonyl (C=O) groups is 1. The normalized spacial score (nSPS) is 19.7.